The molecule has 4 aromatic rings. The summed E-state index contributed by atoms with van der Waals surface area (Å²) in [7, 11) is 14.6. The van der Waals surface area contributed by atoms with Crippen molar-refractivity contribution in [3.63, 3.8) is 0 Å². The van der Waals surface area contributed by atoms with Crippen LogP contribution in [0.2, 0.25) is 0 Å². The van der Waals surface area contributed by atoms with E-state index in [1.54, 1.807) is 66.7 Å². The fourth-order valence-corrected chi connectivity index (χ4v) is 7.40. The smallest absolute Gasteiger partial charge is 0.321 e. The molecule has 7 unspecified atom stereocenters. The molecular weight excluding hydrogens is 1090 g/mol. The Balaban J connectivity index is 0.000000280. The van der Waals surface area contributed by atoms with Crippen LogP contribution < -0.4 is 21.7 Å². The number of cyclic esters (lactones) is 6. The number of amides is 3. The largest absolute Gasteiger partial charge is 0.481 e. The molecule has 3 fully saturated rings. The zero-order valence-electron chi connectivity index (χ0n) is 44.7. The molecule has 0 bridgehead atoms. The van der Waals surface area contributed by atoms with Crippen molar-refractivity contribution in [2.75, 3.05) is 52.9 Å². The van der Waals surface area contributed by atoms with Crippen molar-refractivity contribution in [1.82, 2.24) is 16.0 Å². The lowest BCUT2D eigenvalue weighted by Crippen LogP contribution is -2.41. The van der Waals surface area contributed by atoms with Crippen LogP contribution in [0.3, 0.4) is 0 Å². The van der Waals surface area contributed by atoms with Gasteiger partial charge in [-0.2, -0.15) is 0 Å². The van der Waals surface area contributed by atoms with E-state index in [9.17, 15) is 57.8 Å². The van der Waals surface area contributed by atoms with Gasteiger partial charge in [-0.1, -0.05) is 121 Å². The number of carboxylic acid groups (broad SMARTS) is 1. The van der Waals surface area contributed by atoms with Gasteiger partial charge in [0.15, 0.2) is 17.4 Å². The number of rotatable bonds is 15. The van der Waals surface area contributed by atoms with E-state index in [0.29, 0.717) is 11.1 Å². The molecule has 3 saturated heterocycles. The summed E-state index contributed by atoms with van der Waals surface area (Å²) < 4.78 is 29.6. The number of aliphatic carboxylic acids is 1. The van der Waals surface area contributed by atoms with Crippen LogP contribution >= 0.6 is 0 Å². The fourth-order valence-electron chi connectivity index (χ4n) is 7.40. The van der Waals surface area contributed by atoms with E-state index in [2.05, 4.69) is 28.5 Å². The summed E-state index contributed by atoms with van der Waals surface area (Å²) in [5.74, 6) is -9.82. The number of carbonyl (C=O) groups excluding carboxylic acids is 10. The average Bonchev–Trinajstić information content (AvgIpc) is 3.93. The van der Waals surface area contributed by atoms with E-state index < -0.39 is 120 Å². The summed E-state index contributed by atoms with van der Waals surface area (Å²) in [6, 6.07) is 32.8. The Morgan fingerprint density at radius 3 is 1.31 bits per heavy atom. The first kappa shape index (κ1) is 68.6. The average molecular weight is 1150 g/mol. The summed E-state index contributed by atoms with van der Waals surface area (Å²) in [5.41, 5.74) is 8.39. The molecule has 3 amide bonds. The SMILES string of the molecule is NC1COC(=O)CC(c2ccccc2)C(=O)OC1.O=C1CC(c2ccccc2)C(=O)O1.[B]C(=O)NC(CO)CO.[B]C(=O)NC(CO)COC(=O)CC(C(=O)O)c1ccccc1.[B]C(=O)NC1COC(=O)CC(c2ccccc2)C(=O)OC1. The molecule has 7 rings (SSSR count). The number of esters is 7. The van der Waals surface area contributed by atoms with Crippen LogP contribution in [-0.4, -0.2) is 186 Å². The lowest BCUT2D eigenvalue weighted by Gasteiger charge is -2.17. The third-order valence-electron chi connectivity index (χ3n) is 11.6. The number of hydrogen-bond donors (Lipinski definition) is 8. The van der Waals surface area contributed by atoms with Gasteiger partial charge in [-0.3, -0.25) is 52.7 Å². The number of carbonyl (C=O) groups is 11. The summed E-state index contributed by atoms with van der Waals surface area (Å²) in [6.07, 6.45) is -0.307. The highest BCUT2D eigenvalue weighted by molar-refractivity contribution is 6.57. The second-order valence-corrected chi connectivity index (χ2v) is 18.0. The molecule has 0 aromatic heterocycles. The molecule has 0 saturated carbocycles. The molecule has 0 spiro atoms. The van der Waals surface area contributed by atoms with E-state index in [4.69, 9.17) is 60.4 Å². The van der Waals surface area contributed by atoms with E-state index >= 15 is 0 Å². The number of benzene rings is 4. The first-order chi connectivity index (χ1) is 39.6. The van der Waals surface area contributed by atoms with Gasteiger partial charge in [-0.15, -0.1) is 0 Å². The van der Waals surface area contributed by atoms with Crippen LogP contribution in [0.5, 0.6) is 0 Å². The first-order valence-corrected chi connectivity index (χ1v) is 25.4. The molecule has 28 heteroatoms. The van der Waals surface area contributed by atoms with Crippen molar-refractivity contribution in [3.8, 4) is 0 Å². The predicted octanol–water partition coefficient (Wildman–Crippen LogP) is 0.583. The molecule has 6 radical (unpaired) electrons. The molecule has 25 nitrogen and oxygen atoms in total. The van der Waals surface area contributed by atoms with E-state index in [0.717, 1.165) is 11.1 Å². The molecule has 3 aliphatic rings. The van der Waals surface area contributed by atoms with E-state index in [1.807, 2.05) is 54.6 Å². The topological polar surface area (TPSA) is 386 Å². The maximum absolute atomic E-state index is 12.1. The molecule has 0 aliphatic carbocycles. The second-order valence-electron chi connectivity index (χ2n) is 18.0. The van der Waals surface area contributed by atoms with E-state index in [-0.39, 0.29) is 71.9 Å². The van der Waals surface area contributed by atoms with Gasteiger partial charge in [0.2, 0.25) is 23.5 Å². The summed E-state index contributed by atoms with van der Waals surface area (Å²) in [4.78, 5) is 124. The van der Waals surface area contributed by atoms with Crippen LogP contribution in [0.1, 0.15) is 71.6 Å². The van der Waals surface area contributed by atoms with Gasteiger partial charge in [0.1, 0.15) is 33.0 Å². The van der Waals surface area contributed by atoms with Crippen LogP contribution in [0.25, 0.3) is 0 Å². The third-order valence-corrected chi connectivity index (χ3v) is 11.6. The van der Waals surface area contributed by atoms with Crippen molar-refractivity contribution >= 4 is 88.7 Å². The molecule has 436 valence electrons. The summed E-state index contributed by atoms with van der Waals surface area (Å²) >= 11 is 0. The van der Waals surface area contributed by atoms with E-state index in [1.165, 1.54) is 0 Å². The second kappa shape index (κ2) is 37.3. The first-order valence-electron chi connectivity index (χ1n) is 25.4. The predicted molar refractivity (Wildman–Crippen MR) is 292 cm³/mol. The van der Waals surface area contributed by atoms with Gasteiger partial charge in [-0.05, 0) is 22.3 Å². The highest BCUT2D eigenvalue weighted by Gasteiger charge is 2.35. The molecular formula is C55H61B3N4O21. The van der Waals surface area contributed by atoms with Crippen molar-refractivity contribution < 1.29 is 102 Å². The molecule has 7 atom stereocenters. The lowest BCUT2D eigenvalue weighted by molar-refractivity contribution is -0.153. The van der Waals surface area contributed by atoms with Gasteiger partial charge in [0.25, 0.3) is 0 Å². The maximum atomic E-state index is 12.1. The van der Waals surface area contributed by atoms with Crippen LogP contribution in [-0.2, 0) is 66.8 Å². The fraction of sp³-hybridized carbons (Fsp3) is 0.364. The number of aliphatic hydroxyl groups is 3. The summed E-state index contributed by atoms with van der Waals surface area (Å²) in [5, 5.41) is 41.5. The Labute approximate surface area is 480 Å². The van der Waals surface area contributed by atoms with Crippen molar-refractivity contribution in [2.24, 2.45) is 5.73 Å². The number of nitrogens with one attached hydrogen (secondary N) is 3. The normalized spacial score (nSPS) is 19.2. The zero-order valence-corrected chi connectivity index (χ0v) is 44.7. The quantitative estimate of drug-likeness (QED) is 0.0349. The number of hydrogen-bond acceptors (Lipinski definition) is 21. The Bertz CT molecular complexity index is 2750. The highest BCUT2D eigenvalue weighted by Crippen LogP contribution is 2.28. The van der Waals surface area contributed by atoms with Gasteiger partial charge < -0.3 is 70.5 Å². The minimum Gasteiger partial charge on any atom is -0.481 e. The standard InChI is InChI=1S/C14H16BNO6.C14H14BNO5.C13H15NO4.C10H8O3.C4H8BNO3/c15-14(21)16-10(7-17)8-22-12(18)6-11(13(19)20)9-4-2-1-3-5-9;15-14(19)16-10-7-20-12(17)6-11(13(18)21-8-10)9-4-2-1-3-5-9;14-10-7-17-12(15)6-11(13(16)18-8-10)9-4-2-1-3-5-9;11-9-6-8(10(12)13-9)7-4-2-1-3-5-7;5-4(9)6-3(1-7)2-8/h1-5,10-11,17H,6-8H2,(H,16,21)(H,19,20);1-5,10-11H,6-8H2,(H,16,19);1-5,10-11H,6-8,14H2;1-5,8H,6H2;3,7-8H,1-2H2,(H,6,9). The zero-order chi connectivity index (χ0) is 61.3. The Kier molecular flexibility index (Phi) is 30.8. The monoisotopic (exact) mass is 1150 g/mol. The van der Waals surface area contributed by atoms with Crippen LogP contribution in [0, 0.1) is 0 Å². The molecule has 3 aliphatic heterocycles. The Morgan fingerprint density at radius 2 is 0.916 bits per heavy atom. The number of aliphatic hydroxyl groups excluding tert-OH is 3. The van der Waals surface area contributed by atoms with Crippen molar-refractivity contribution in [2.45, 2.75) is 73.5 Å². The Hall–Kier alpha value is -8.72. The van der Waals surface area contributed by atoms with Gasteiger partial charge in [-0.25, -0.2) is 0 Å². The third kappa shape index (κ3) is 26.6. The van der Waals surface area contributed by atoms with Gasteiger partial charge >= 0.3 is 47.8 Å². The molecule has 83 heavy (non-hydrogen) atoms. The minimum absolute atomic E-state index is 0.0183. The lowest BCUT2D eigenvalue weighted by atomic mass is 9.96. The van der Waals surface area contributed by atoms with Crippen molar-refractivity contribution in [3.05, 3.63) is 144 Å². The number of ether oxygens (including phenoxy) is 6. The number of nitrogens with two attached hydrogens (primary N) is 1. The van der Waals surface area contributed by atoms with Crippen LogP contribution in [0.4, 0.5) is 14.4 Å². The molecule has 9 N–H and O–H groups in total. The molecule has 3 heterocycles. The van der Waals surface area contributed by atoms with Crippen molar-refractivity contribution in [1.29, 1.82) is 0 Å². The highest BCUT2D eigenvalue weighted by atomic mass is 16.6. The number of carboxylic acids is 1. The summed E-state index contributed by atoms with van der Waals surface area (Å²) in [6.45, 7) is -1.41. The minimum atomic E-state index is -1.14. The molecule has 4 aromatic carbocycles. The maximum Gasteiger partial charge on any atom is 0.321 e. The van der Waals surface area contributed by atoms with Gasteiger partial charge in [0.05, 0.1) is 93.3 Å². The Morgan fingerprint density at radius 1 is 0.530 bits per heavy atom. The van der Waals surface area contributed by atoms with Gasteiger partial charge in [0, 0.05) is 0 Å². The van der Waals surface area contributed by atoms with Crippen LogP contribution in [0.15, 0.2) is 121 Å².